The van der Waals surface area contributed by atoms with Gasteiger partial charge in [-0.15, -0.1) is 0 Å². The summed E-state index contributed by atoms with van der Waals surface area (Å²) in [6.45, 7) is 3.27. The van der Waals surface area contributed by atoms with Crippen LogP contribution in [0.15, 0.2) is 58.2 Å². The van der Waals surface area contributed by atoms with Crippen LogP contribution in [-0.4, -0.2) is 42.2 Å². The number of anilines is 1. The van der Waals surface area contributed by atoms with E-state index in [4.69, 9.17) is 4.42 Å². The van der Waals surface area contributed by atoms with Gasteiger partial charge in [0.2, 0.25) is 5.91 Å². The van der Waals surface area contributed by atoms with Crippen LogP contribution >= 0.6 is 11.8 Å². The second kappa shape index (κ2) is 8.27. The predicted molar refractivity (Wildman–Crippen MR) is 107 cm³/mol. The Morgan fingerprint density at radius 1 is 1.12 bits per heavy atom. The van der Waals surface area contributed by atoms with Crippen molar-refractivity contribution in [3.8, 4) is 0 Å². The quantitative estimate of drug-likeness (QED) is 0.589. The minimum atomic E-state index is 0.0800. The molecule has 0 N–H and O–H groups in total. The molecule has 5 nitrogen and oxygen atoms in total. The molecule has 26 heavy (non-hydrogen) atoms. The molecule has 3 aromatic rings. The Bertz CT molecular complexity index is 841. The number of carbonyl (C=O) groups is 1. The standard InChI is InChI=1S/C20H23N3O2S/c1-4-23(13-15-9-11-16(12-10-15)22(2)3)19(24)14-26-20-21-17-7-5-6-8-18(17)25-20/h5-12H,4,13-14H2,1-3H3. The first-order valence-corrected chi connectivity index (χ1v) is 9.58. The van der Waals surface area contributed by atoms with Gasteiger partial charge in [0.1, 0.15) is 5.52 Å². The maximum Gasteiger partial charge on any atom is 0.257 e. The zero-order valence-corrected chi connectivity index (χ0v) is 16.1. The van der Waals surface area contributed by atoms with Crippen LogP contribution in [0.5, 0.6) is 0 Å². The summed E-state index contributed by atoms with van der Waals surface area (Å²) in [5.41, 5.74) is 3.83. The van der Waals surface area contributed by atoms with Gasteiger partial charge in [-0.25, -0.2) is 4.98 Å². The Hall–Kier alpha value is -2.47. The van der Waals surface area contributed by atoms with Gasteiger partial charge in [0, 0.05) is 32.9 Å². The molecular weight excluding hydrogens is 346 g/mol. The normalized spacial score (nSPS) is 10.9. The monoisotopic (exact) mass is 369 g/mol. The fraction of sp³-hybridized carbons (Fsp3) is 0.300. The molecule has 0 fully saturated rings. The second-order valence-corrected chi connectivity index (χ2v) is 7.13. The van der Waals surface area contributed by atoms with Crippen molar-refractivity contribution in [2.45, 2.75) is 18.7 Å². The Morgan fingerprint density at radius 2 is 1.85 bits per heavy atom. The van der Waals surface area contributed by atoms with E-state index in [0.717, 1.165) is 22.4 Å². The van der Waals surface area contributed by atoms with E-state index in [1.165, 1.54) is 11.8 Å². The summed E-state index contributed by atoms with van der Waals surface area (Å²) in [6, 6.07) is 15.9. The van der Waals surface area contributed by atoms with Crippen molar-refractivity contribution in [3.63, 3.8) is 0 Å². The van der Waals surface area contributed by atoms with Gasteiger partial charge >= 0.3 is 0 Å². The third kappa shape index (κ3) is 4.38. The first kappa shape index (κ1) is 18.3. The van der Waals surface area contributed by atoms with Gasteiger partial charge in [-0.1, -0.05) is 36.0 Å². The van der Waals surface area contributed by atoms with Crippen molar-refractivity contribution in [3.05, 3.63) is 54.1 Å². The Kier molecular flexibility index (Phi) is 5.83. The van der Waals surface area contributed by atoms with Crippen LogP contribution in [0.2, 0.25) is 0 Å². The van der Waals surface area contributed by atoms with Gasteiger partial charge in [-0.05, 0) is 36.8 Å². The van der Waals surface area contributed by atoms with E-state index >= 15 is 0 Å². The minimum absolute atomic E-state index is 0.0800. The highest BCUT2D eigenvalue weighted by Gasteiger charge is 2.15. The number of amides is 1. The molecule has 0 aliphatic rings. The highest BCUT2D eigenvalue weighted by Crippen LogP contribution is 2.23. The van der Waals surface area contributed by atoms with Crippen molar-refractivity contribution in [2.75, 3.05) is 31.3 Å². The maximum atomic E-state index is 12.6. The van der Waals surface area contributed by atoms with Crippen molar-refractivity contribution in [2.24, 2.45) is 0 Å². The number of benzene rings is 2. The van der Waals surface area contributed by atoms with Crippen molar-refractivity contribution in [1.82, 2.24) is 9.88 Å². The predicted octanol–water partition coefficient (Wildman–Crippen LogP) is 4.03. The molecular formula is C20H23N3O2S. The van der Waals surface area contributed by atoms with Gasteiger partial charge < -0.3 is 14.2 Å². The van der Waals surface area contributed by atoms with Gasteiger partial charge in [-0.3, -0.25) is 4.79 Å². The second-order valence-electron chi connectivity index (χ2n) is 6.20. The highest BCUT2D eigenvalue weighted by molar-refractivity contribution is 7.99. The van der Waals surface area contributed by atoms with Crippen LogP contribution in [0, 0.1) is 0 Å². The zero-order valence-electron chi connectivity index (χ0n) is 15.3. The maximum absolute atomic E-state index is 12.6. The smallest absolute Gasteiger partial charge is 0.257 e. The molecule has 136 valence electrons. The number of hydrogen-bond acceptors (Lipinski definition) is 5. The van der Waals surface area contributed by atoms with E-state index in [2.05, 4.69) is 34.1 Å². The first-order chi connectivity index (χ1) is 12.6. The number of rotatable bonds is 7. The number of thioether (sulfide) groups is 1. The molecule has 0 saturated heterocycles. The molecule has 1 aromatic heterocycles. The summed E-state index contributed by atoms with van der Waals surface area (Å²) in [7, 11) is 4.03. The molecule has 1 amide bonds. The van der Waals surface area contributed by atoms with Gasteiger partial charge in [0.05, 0.1) is 5.75 Å². The molecule has 6 heteroatoms. The summed E-state index contributed by atoms with van der Waals surface area (Å²) < 4.78 is 5.66. The van der Waals surface area contributed by atoms with Crippen molar-refractivity contribution >= 4 is 34.5 Å². The average Bonchev–Trinajstić information content (AvgIpc) is 3.07. The highest BCUT2D eigenvalue weighted by atomic mass is 32.2. The van der Waals surface area contributed by atoms with Crippen LogP contribution in [-0.2, 0) is 11.3 Å². The molecule has 0 radical (unpaired) electrons. The summed E-state index contributed by atoms with van der Waals surface area (Å²) >= 11 is 1.34. The van der Waals surface area contributed by atoms with Gasteiger partial charge in [-0.2, -0.15) is 0 Å². The number of fused-ring (bicyclic) bond motifs is 1. The van der Waals surface area contributed by atoms with E-state index in [9.17, 15) is 4.79 Å². The van der Waals surface area contributed by atoms with E-state index in [0.29, 0.717) is 24.1 Å². The van der Waals surface area contributed by atoms with E-state index in [1.54, 1.807) is 0 Å². The van der Waals surface area contributed by atoms with Crippen molar-refractivity contribution in [1.29, 1.82) is 0 Å². The number of oxazole rings is 1. The van der Waals surface area contributed by atoms with E-state index < -0.39 is 0 Å². The first-order valence-electron chi connectivity index (χ1n) is 8.59. The lowest BCUT2D eigenvalue weighted by Crippen LogP contribution is -2.31. The third-order valence-corrected chi connectivity index (χ3v) is 4.97. The molecule has 0 bridgehead atoms. The lowest BCUT2D eigenvalue weighted by molar-refractivity contribution is -0.128. The Balaban J connectivity index is 1.59. The van der Waals surface area contributed by atoms with Crippen LogP contribution in [0.4, 0.5) is 5.69 Å². The van der Waals surface area contributed by atoms with Crippen LogP contribution in [0.1, 0.15) is 12.5 Å². The van der Waals surface area contributed by atoms with E-state index in [-0.39, 0.29) is 5.91 Å². The molecule has 0 atom stereocenters. The zero-order chi connectivity index (χ0) is 18.5. The molecule has 1 heterocycles. The average molecular weight is 369 g/mol. The van der Waals surface area contributed by atoms with Crippen LogP contribution in [0.3, 0.4) is 0 Å². The van der Waals surface area contributed by atoms with Gasteiger partial charge in [0.15, 0.2) is 5.58 Å². The Labute approximate surface area is 158 Å². The van der Waals surface area contributed by atoms with Crippen LogP contribution < -0.4 is 4.90 Å². The largest absolute Gasteiger partial charge is 0.431 e. The fourth-order valence-electron chi connectivity index (χ4n) is 2.62. The molecule has 0 spiro atoms. The molecule has 0 aliphatic heterocycles. The third-order valence-electron chi connectivity index (χ3n) is 4.15. The molecule has 2 aromatic carbocycles. The van der Waals surface area contributed by atoms with E-state index in [1.807, 2.05) is 50.2 Å². The topological polar surface area (TPSA) is 49.6 Å². The minimum Gasteiger partial charge on any atom is -0.431 e. The molecule has 0 unspecified atom stereocenters. The molecule has 0 saturated carbocycles. The summed E-state index contributed by atoms with van der Waals surface area (Å²) in [6.07, 6.45) is 0. The lowest BCUT2D eigenvalue weighted by Gasteiger charge is -2.21. The Morgan fingerprint density at radius 3 is 2.50 bits per heavy atom. The summed E-state index contributed by atoms with van der Waals surface area (Å²) in [5.74, 6) is 0.396. The number of carbonyl (C=O) groups excluding carboxylic acids is 1. The number of para-hydroxylation sites is 2. The van der Waals surface area contributed by atoms with Crippen LogP contribution in [0.25, 0.3) is 11.1 Å². The molecule has 0 aliphatic carbocycles. The lowest BCUT2D eigenvalue weighted by atomic mass is 10.2. The number of nitrogens with zero attached hydrogens (tertiary/aromatic N) is 3. The fourth-order valence-corrected chi connectivity index (χ4v) is 3.36. The number of hydrogen-bond donors (Lipinski definition) is 0. The molecule has 3 rings (SSSR count). The summed E-state index contributed by atoms with van der Waals surface area (Å²) in [4.78, 5) is 20.9. The van der Waals surface area contributed by atoms with Gasteiger partial charge in [0.25, 0.3) is 5.22 Å². The summed E-state index contributed by atoms with van der Waals surface area (Å²) in [5, 5.41) is 0.533. The number of aromatic nitrogens is 1. The van der Waals surface area contributed by atoms with Crippen molar-refractivity contribution < 1.29 is 9.21 Å². The SMILES string of the molecule is CCN(Cc1ccc(N(C)C)cc1)C(=O)CSc1nc2ccccc2o1.